The van der Waals surface area contributed by atoms with E-state index < -0.39 is 17.1 Å². The summed E-state index contributed by atoms with van der Waals surface area (Å²) in [7, 11) is 0. The fourth-order valence-electron chi connectivity index (χ4n) is 3.10. The standard InChI is InChI=1S/C20H29BrN2O4/c1-19(2,3)27-18(25)23-12-4-11-22-17(24)20(9-13-26-14-10-20)15-5-7-16(21)8-6-15/h5-8H,4,9-14H2,1-3H3,(H,22,24)(H,23,25). The first-order valence-electron chi connectivity index (χ1n) is 9.32. The Morgan fingerprint density at radius 2 is 1.70 bits per heavy atom. The molecule has 0 radical (unpaired) electrons. The molecule has 0 spiro atoms. The predicted octanol–water partition coefficient (Wildman–Crippen LogP) is 3.53. The summed E-state index contributed by atoms with van der Waals surface area (Å²) >= 11 is 3.44. The lowest BCUT2D eigenvalue weighted by atomic mass is 9.73. The van der Waals surface area contributed by atoms with Crippen LogP contribution >= 0.6 is 15.9 Å². The third-order valence-electron chi connectivity index (χ3n) is 4.49. The minimum atomic E-state index is -0.558. The second kappa shape index (κ2) is 9.55. The molecule has 1 saturated heterocycles. The van der Waals surface area contributed by atoms with Crippen LogP contribution in [0.4, 0.5) is 4.79 Å². The van der Waals surface area contributed by atoms with Crippen LogP contribution in [0.3, 0.4) is 0 Å². The number of ether oxygens (including phenoxy) is 2. The molecule has 7 heteroatoms. The number of benzene rings is 1. The van der Waals surface area contributed by atoms with Crippen LogP contribution in [-0.4, -0.2) is 43.9 Å². The van der Waals surface area contributed by atoms with Gasteiger partial charge in [0.1, 0.15) is 5.60 Å². The minimum Gasteiger partial charge on any atom is -0.444 e. The number of alkyl carbamates (subject to hydrolysis) is 1. The molecule has 1 heterocycles. The van der Waals surface area contributed by atoms with E-state index >= 15 is 0 Å². The van der Waals surface area contributed by atoms with Crippen molar-refractivity contribution in [3.05, 3.63) is 34.3 Å². The van der Waals surface area contributed by atoms with Gasteiger partial charge in [0.05, 0.1) is 5.41 Å². The Bertz CT molecular complexity index is 634. The Morgan fingerprint density at radius 3 is 2.30 bits per heavy atom. The van der Waals surface area contributed by atoms with Crippen molar-refractivity contribution >= 4 is 27.9 Å². The van der Waals surface area contributed by atoms with Crippen molar-refractivity contribution in [2.45, 2.75) is 51.0 Å². The van der Waals surface area contributed by atoms with Crippen molar-refractivity contribution in [1.29, 1.82) is 0 Å². The first-order chi connectivity index (χ1) is 12.7. The molecule has 0 aliphatic carbocycles. The normalized spacial score (nSPS) is 16.4. The van der Waals surface area contributed by atoms with E-state index in [9.17, 15) is 9.59 Å². The van der Waals surface area contributed by atoms with Crippen molar-refractivity contribution in [3.63, 3.8) is 0 Å². The maximum absolute atomic E-state index is 13.0. The van der Waals surface area contributed by atoms with E-state index in [0.717, 1.165) is 10.0 Å². The summed E-state index contributed by atoms with van der Waals surface area (Å²) in [5.41, 5.74) is -0.0611. The van der Waals surface area contributed by atoms with Gasteiger partial charge in [0.2, 0.25) is 5.91 Å². The monoisotopic (exact) mass is 440 g/mol. The van der Waals surface area contributed by atoms with E-state index in [0.29, 0.717) is 45.6 Å². The van der Waals surface area contributed by atoms with Crippen LogP contribution in [0.25, 0.3) is 0 Å². The number of nitrogens with one attached hydrogen (secondary N) is 2. The first-order valence-corrected chi connectivity index (χ1v) is 10.1. The van der Waals surface area contributed by atoms with Crippen molar-refractivity contribution in [3.8, 4) is 0 Å². The minimum absolute atomic E-state index is 0.0189. The van der Waals surface area contributed by atoms with Crippen molar-refractivity contribution in [2.24, 2.45) is 0 Å². The fraction of sp³-hybridized carbons (Fsp3) is 0.600. The number of halogens is 1. The van der Waals surface area contributed by atoms with Crippen molar-refractivity contribution in [2.75, 3.05) is 26.3 Å². The van der Waals surface area contributed by atoms with Crippen LogP contribution in [0.1, 0.15) is 45.6 Å². The molecule has 2 rings (SSSR count). The molecule has 2 N–H and O–H groups in total. The summed E-state index contributed by atoms with van der Waals surface area (Å²) in [5.74, 6) is 0.0189. The van der Waals surface area contributed by atoms with E-state index in [2.05, 4.69) is 26.6 Å². The molecule has 1 fully saturated rings. The molecule has 1 aliphatic heterocycles. The summed E-state index contributed by atoms with van der Waals surface area (Å²) in [5, 5.41) is 5.73. The second-order valence-electron chi connectivity index (χ2n) is 7.74. The maximum Gasteiger partial charge on any atom is 0.407 e. The molecule has 0 bridgehead atoms. The lowest BCUT2D eigenvalue weighted by Gasteiger charge is -2.36. The van der Waals surface area contributed by atoms with Crippen LogP contribution in [0.15, 0.2) is 28.7 Å². The van der Waals surface area contributed by atoms with Crippen molar-refractivity contribution in [1.82, 2.24) is 10.6 Å². The molecule has 1 aromatic carbocycles. The Hall–Kier alpha value is -1.60. The van der Waals surface area contributed by atoms with Crippen LogP contribution in [0.5, 0.6) is 0 Å². The van der Waals surface area contributed by atoms with E-state index in [1.807, 2.05) is 45.0 Å². The number of carbonyl (C=O) groups is 2. The van der Waals surface area contributed by atoms with Gasteiger partial charge >= 0.3 is 6.09 Å². The van der Waals surface area contributed by atoms with Crippen LogP contribution in [-0.2, 0) is 19.7 Å². The van der Waals surface area contributed by atoms with E-state index in [1.165, 1.54) is 0 Å². The van der Waals surface area contributed by atoms with E-state index in [4.69, 9.17) is 9.47 Å². The molecule has 1 aromatic rings. The van der Waals surface area contributed by atoms with Gasteiger partial charge in [-0.3, -0.25) is 4.79 Å². The third-order valence-corrected chi connectivity index (χ3v) is 5.01. The smallest absolute Gasteiger partial charge is 0.407 e. The molecule has 1 aliphatic rings. The molecule has 2 amide bonds. The lowest BCUT2D eigenvalue weighted by Crippen LogP contribution is -2.48. The molecular formula is C20H29BrN2O4. The Kier molecular flexibility index (Phi) is 7.68. The van der Waals surface area contributed by atoms with Gasteiger partial charge in [-0.05, 0) is 57.7 Å². The molecule has 0 aromatic heterocycles. The average Bonchev–Trinajstić information content (AvgIpc) is 2.61. The van der Waals surface area contributed by atoms with Crippen LogP contribution in [0, 0.1) is 0 Å². The summed E-state index contributed by atoms with van der Waals surface area (Å²) < 4.78 is 11.7. The van der Waals surface area contributed by atoms with Gasteiger partial charge in [0.15, 0.2) is 0 Å². The Labute approximate surface area is 169 Å². The van der Waals surface area contributed by atoms with Gasteiger partial charge in [-0.1, -0.05) is 28.1 Å². The fourth-order valence-corrected chi connectivity index (χ4v) is 3.36. The highest BCUT2D eigenvalue weighted by Gasteiger charge is 2.41. The number of amides is 2. The Balaban J connectivity index is 1.86. The van der Waals surface area contributed by atoms with Gasteiger partial charge in [0.25, 0.3) is 0 Å². The summed E-state index contributed by atoms with van der Waals surface area (Å²) in [6, 6.07) is 7.92. The highest BCUT2D eigenvalue weighted by atomic mass is 79.9. The van der Waals surface area contributed by atoms with E-state index in [1.54, 1.807) is 0 Å². The predicted molar refractivity (Wildman–Crippen MR) is 108 cm³/mol. The SMILES string of the molecule is CC(C)(C)OC(=O)NCCCNC(=O)C1(c2ccc(Br)cc2)CCOCC1. The zero-order valence-electron chi connectivity index (χ0n) is 16.3. The highest BCUT2D eigenvalue weighted by molar-refractivity contribution is 9.10. The lowest BCUT2D eigenvalue weighted by molar-refractivity contribution is -0.130. The Morgan fingerprint density at radius 1 is 1.11 bits per heavy atom. The second-order valence-corrected chi connectivity index (χ2v) is 8.66. The largest absolute Gasteiger partial charge is 0.444 e. The molecule has 0 atom stereocenters. The zero-order chi connectivity index (χ0) is 19.9. The molecule has 150 valence electrons. The summed E-state index contributed by atoms with van der Waals surface area (Å²) in [6.07, 6.45) is 1.52. The van der Waals surface area contributed by atoms with Crippen molar-refractivity contribution < 1.29 is 19.1 Å². The topological polar surface area (TPSA) is 76.7 Å². The molecular weight excluding hydrogens is 412 g/mol. The number of rotatable bonds is 6. The molecule has 0 saturated carbocycles. The quantitative estimate of drug-likeness (QED) is 0.663. The molecule has 6 nitrogen and oxygen atoms in total. The molecule has 0 unspecified atom stereocenters. The number of hydrogen-bond donors (Lipinski definition) is 2. The maximum atomic E-state index is 13.0. The van der Waals surface area contributed by atoms with Gasteiger partial charge in [-0.25, -0.2) is 4.79 Å². The van der Waals surface area contributed by atoms with E-state index in [-0.39, 0.29) is 5.91 Å². The summed E-state index contributed by atoms with van der Waals surface area (Å²) in [6.45, 7) is 7.55. The van der Waals surface area contributed by atoms with Crippen LogP contribution in [0.2, 0.25) is 0 Å². The van der Waals surface area contributed by atoms with Crippen LogP contribution < -0.4 is 10.6 Å². The van der Waals surface area contributed by atoms with Gasteiger partial charge in [-0.2, -0.15) is 0 Å². The first kappa shape index (κ1) is 21.7. The average molecular weight is 441 g/mol. The third kappa shape index (κ3) is 6.50. The van der Waals surface area contributed by atoms with Gasteiger partial charge in [0, 0.05) is 30.8 Å². The summed E-state index contributed by atoms with van der Waals surface area (Å²) in [4.78, 5) is 24.6. The number of carbonyl (C=O) groups excluding carboxylic acids is 2. The molecule has 27 heavy (non-hydrogen) atoms. The zero-order valence-corrected chi connectivity index (χ0v) is 17.9. The number of hydrogen-bond acceptors (Lipinski definition) is 4. The highest BCUT2D eigenvalue weighted by Crippen LogP contribution is 2.35. The van der Waals surface area contributed by atoms with Gasteiger partial charge in [-0.15, -0.1) is 0 Å². The van der Waals surface area contributed by atoms with Gasteiger partial charge < -0.3 is 20.1 Å².